The Balaban J connectivity index is 1.67. The van der Waals surface area contributed by atoms with E-state index in [1.807, 2.05) is 17.9 Å². The molecule has 30 heavy (non-hydrogen) atoms. The van der Waals surface area contributed by atoms with Crippen molar-refractivity contribution in [2.75, 3.05) is 13.1 Å². The summed E-state index contributed by atoms with van der Waals surface area (Å²) in [6.45, 7) is 5.15. The Morgan fingerprint density at radius 2 is 1.80 bits per heavy atom. The number of ether oxygens (including phenoxy) is 1. The minimum absolute atomic E-state index is 0.0334. The standard InChI is InChI=1S/C24H24FNO4/c1-15-12-19(29-16(2)24(28)26-10-4-3-5-11-26)13-21-23(15)20(14-22(27)30-21)17-6-8-18(25)9-7-17/h6-9,12-14,16H,3-5,10-11H2,1-2H3/t16-/m1/s1. The van der Waals surface area contributed by atoms with Crippen molar-refractivity contribution in [3.63, 3.8) is 0 Å². The van der Waals surface area contributed by atoms with Gasteiger partial charge < -0.3 is 14.1 Å². The molecule has 6 heteroatoms. The van der Waals surface area contributed by atoms with Gasteiger partial charge in [-0.25, -0.2) is 9.18 Å². The number of rotatable bonds is 4. The number of likely N-dealkylation sites (tertiary alicyclic amines) is 1. The Morgan fingerprint density at radius 1 is 1.10 bits per heavy atom. The molecule has 0 unspecified atom stereocenters. The fourth-order valence-electron chi connectivity index (χ4n) is 4.03. The van der Waals surface area contributed by atoms with E-state index in [1.165, 1.54) is 18.2 Å². The highest BCUT2D eigenvalue weighted by Gasteiger charge is 2.24. The molecule has 1 atom stereocenters. The quantitative estimate of drug-likeness (QED) is 0.587. The molecule has 0 bridgehead atoms. The molecule has 0 radical (unpaired) electrons. The largest absolute Gasteiger partial charge is 0.481 e. The van der Waals surface area contributed by atoms with Crippen molar-refractivity contribution in [2.24, 2.45) is 0 Å². The summed E-state index contributed by atoms with van der Waals surface area (Å²) in [5.41, 5.74) is 2.09. The lowest BCUT2D eigenvalue weighted by atomic mass is 9.98. The minimum atomic E-state index is -0.632. The number of carbonyl (C=O) groups is 1. The SMILES string of the molecule is Cc1cc(O[C@H](C)C(=O)N2CCCCC2)cc2oc(=O)cc(-c3ccc(F)cc3)c12. The molecule has 3 aromatic rings. The van der Waals surface area contributed by atoms with Crippen molar-refractivity contribution in [3.05, 3.63) is 64.3 Å². The number of hydrogen-bond donors (Lipinski definition) is 0. The van der Waals surface area contributed by atoms with E-state index in [9.17, 15) is 14.0 Å². The highest BCUT2D eigenvalue weighted by Crippen LogP contribution is 2.33. The maximum atomic E-state index is 13.3. The summed E-state index contributed by atoms with van der Waals surface area (Å²) in [7, 11) is 0. The lowest BCUT2D eigenvalue weighted by Gasteiger charge is -2.29. The zero-order chi connectivity index (χ0) is 21.3. The fourth-order valence-corrected chi connectivity index (χ4v) is 4.03. The van der Waals surface area contributed by atoms with Gasteiger partial charge >= 0.3 is 5.63 Å². The van der Waals surface area contributed by atoms with E-state index in [0.29, 0.717) is 16.9 Å². The molecule has 0 N–H and O–H groups in total. The maximum absolute atomic E-state index is 13.3. The second-order valence-corrected chi connectivity index (χ2v) is 7.75. The summed E-state index contributed by atoms with van der Waals surface area (Å²) < 4.78 is 24.7. The third kappa shape index (κ3) is 4.08. The van der Waals surface area contributed by atoms with Crippen LogP contribution in [0.3, 0.4) is 0 Å². The van der Waals surface area contributed by atoms with E-state index >= 15 is 0 Å². The van der Waals surface area contributed by atoms with E-state index in [0.717, 1.165) is 48.9 Å². The van der Waals surface area contributed by atoms with Crippen LogP contribution >= 0.6 is 0 Å². The highest BCUT2D eigenvalue weighted by molar-refractivity contribution is 5.96. The molecule has 1 aliphatic heterocycles. The van der Waals surface area contributed by atoms with Gasteiger partial charge in [0.2, 0.25) is 0 Å². The summed E-state index contributed by atoms with van der Waals surface area (Å²) in [5, 5.41) is 0.753. The first kappa shape index (κ1) is 20.1. The second kappa shape index (κ2) is 8.30. The molecule has 2 aromatic carbocycles. The third-order valence-corrected chi connectivity index (χ3v) is 5.50. The molecule has 5 nitrogen and oxygen atoms in total. The van der Waals surface area contributed by atoms with Crippen LogP contribution in [0.5, 0.6) is 5.75 Å². The summed E-state index contributed by atoms with van der Waals surface area (Å²) in [6.07, 6.45) is 2.56. The number of carbonyl (C=O) groups excluding carboxylic acids is 1. The first-order valence-corrected chi connectivity index (χ1v) is 10.2. The van der Waals surface area contributed by atoms with Gasteiger partial charge in [0.1, 0.15) is 17.1 Å². The maximum Gasteiger partial charge on any atom is 0.336 e. The molecular formula is C24H24FNO4. The zero-order valence-corrected chi connectivity index (χ0v) is 17.1. The average molecular weight is 409 g/mol. The number of aryl methyl sites for hydroxylation is 1. The number of halogens is 1. The smallest absolute Gasteiger partial charge is 0.336 e. The van der Waals surface area contributed by atoms with Crippen molar-refractivity contribution in [2.45, 2.75) is 39.2 Å². The summed E-state index contributed by atoms with van der Waals surface area (Å²) in [6, 6.07) is 10.9. The van der Waals surface area contributed by atoms with E-state index in [4.69, 9.17) is 9.15 Å². The van der Waals surface area contributed by atoms with E-state index in [2.05, 4.69) is 0 Å². The summed E-state index contributed by atoms with van der Waals surface area (Å²) in [5.74, 6) is 0.0945. The normalized spacial score (nSPS) is 15.2. The van der Waals surface area contributed by atoms with Gasteiger partial charge in [-0.2, -0.15) is 0 Å². The Labute approximate surface area is 174 Å². The van der Waals surface area contributed by atoms with Gasteiger partial charge in [-0.05, 0) is 62.4 Å². The van der Waals surface area contributed by atoms with Crippen LogP contribution in [0, 0.1) is 12.7 Å². The van der Waals surface area contributed by atoms with Crippen LogP contribution in [0.15, 0.2) is 51.7 Å². The van der Waals surface area contributed by atoms with Crippen LogP contribution in [-0.2, 0) is 4.79 Å². The number of fused-ring (bicyclic) bond motifs is 1. The van der Waals surface area contributed by atoms with Crippen LogP contribution in [0.1, 0.15) is 31.7 Å². The van der Waals surface area contributed by atoms with Gasteiger partial charge in [-0.3, -0.25) is 4.79 Å². The first-order chi connectivity index (χ1) is 14.4. The predicted octanol–water partition coefficient (Wildman–Crippen LogP) is 4.69. The van der Waals surface area contributed by atoms with E-state index in [1.54, 1.807) is 25.1 Å². The molecule has 1 fully saturated rings. The Bertz CT molecular complexity index is 1130. The van der Waals surface area contributed by atoms with Gasteiger partial charge in [0.25, 0.3) is 5.91 Å². The molecular weight excluding hydrogens is 385 g/mol. The number of benzene rings is 2. The molecule has 4 rings (SSSR count). The lowest BCUT2D eigenvalue weighted by molar-refractivity contribution is -0.138. The number of amides is 1. The minimum Gasteiger partial charge on any atom is -0.481 e. The van der Waals surface area contributed by atoms with Crippen molar-refractivity contribution in [1.29, 1.82) is 0 Å². The molecule has 0 spiro atoms. The first-order valence-electron chi connectivity index (χ1n) is 10.2. The van der Waals surface area contributed by atoms with Crippen LogP contribution in [0.2, 0.25) is 0 Å². The molecule has 1 aromatic heterocycles. The number of nitrogens with zero attached hydrogens (tertiary/aromatic N) is 1. The van der Waals surface area contributed by atoms with Gasteiger partial charge in [0.15, 0.2) is 6.10 Å². The third-order valence-electron chi connectivity index (χ3n) is 5.50. The summed E-state index contributed by atoms with van der Waals surface area (Å²) >= 11 is 0. The van der Waals surface area contributed by atoms with Gasteiger partial charge in [0, 0.05) is 36.2 Å². The monoisotopic (exact) mass is 409 g/mol. The van der Waals surface area contributed by atoms with Crippen LogP contribution in [0.25, 0.3) is 22.1 Å². The molecule has 0 aliphatic carbocycles. The van der Waals surface area contributed by atoms with Crippen molar-refractivity contribution in [3.8, 4) is 16.9 Å². The molecule has 1 saturated heterocycles. The Morgan fingerprint density at radius 3 is 2.50 bits per heavy atom. The fraction of sp³-hybridized carbons (Fsp3) is 0.333. The second-order valence-electron chi connectivity index (χ2n) is 7.75. The van der Waals surface area contributed by atoms with Crippen molar-refractivity contribution < 1.29 is 18.3 Å². The topological polar surface area (TPSA) is 59.8 Å². The van der Waals surface area contributed by atoms with Crippen LogP contribution < -0.4 is 10.4 Å². The Kier molecular flexibility index (Phi) is 5.57. The van der Waals surface area contributed by atoms with E-state index < -0.39 is 11.7 Å². The van der Waals surface area contributed by atoms with Crippen LogP contribution in [0.4, 0.5) is 4.39 Å². The molecule has 1 amide bonds. The molecule has 2 heterocycles. The molecule has 0 saturated carbocycles. The number of piperidine rings is 1. The van der Waals surface area contributed by atoms with Crippen LogP contribution in [-0.4, -0.2) is 30.0 Å². The van der Waals surface area contributed by atoms with Crippen molar-refractivity contribution >= 4 is 16.9 Å². The van der Waals surface area contributed by atoms with Gasteiger partial charge in [0.05, 0.1) is 0 Å². The molecule has 1 aliphatic rings. The van der Waals surface area contributed by atoms with E-state index in [-0.39, 0.29) is 11.7 Å². The summed E-state index contributed by atoms with van der Waals surface area (Å²) in [4.78, 5) is 26.7. The van der Waals surface area contributed by atoms with Gasteiger partial charge in [-0.15, -0.1) is 0 Å². The average Bonchev–Trinajstić information content (AvgIpc) is 2.73. The zero-order valence-electron chi connectivity index (χ0n) is 17.1. The highest BCUT2D eigenvalue weighted by atomic mass is 19.1. The Hall–Kier alpha value is -3.15. The number of hydrogen-bond acceptors (Lipinski definition) is 4. The molecule has 156 valence electrons. The lowest BCUT2D eigenvalue weighted by Crippen LogP contribution is -2.43. The van der Waals surface area contributed by atoms with Gasteiger partial charge in [-0.1, -0.05) is 12.1 Å². The van der Waals surface area contributed by atoms with Crippen molar-refractivity contribution in [1.82, 2.24) is 4.90 Å². The predicted molar refractivity (Wildman–Crippen MR) is 113 cm³/mol.